The largest absolute Gasteiger partial charge is 0.376 e. The second kappa shape index (κ2) is 6.70. The predicted octanol–water partition coefficient (Wildman–Crippen LogP) is 2.67. The highest BCUT2D eigenvalue weighted by Crippen LogP contribution is 2.25. The topological polar surface area (TPSA) is 75.5 Å². The van der Waals surface area contributed by atoms with E-state index in [1.807, 2.05) is 19.9 Å². The highest BCUT2D eigenvalue weighted by Gasteiger charge is 2.17. The van der Waals surface area contributed by atoms with Crippen molar-refractivity contribution in [3.8, 4) is 0 Å². The molecular weight excluding hydrogens is 258 g/mol. The predicted molar refractivity (Wildman–Crippen MR) is 79.0 cm³/mol. The fourth-order valence-corrected chi connectivity index (χ4v) is 1.59. The molecular formula is C14H19N3O3. The summed E-state index contributed by atoms with van der Waals surface area (Å²) in [6.07, 6.45) is 1.93. The third-order valence-electron chi connectivity index (χ3n) is 2.65. The first kappa shape index (κ1) is 15.7. The normalized spacial score (nSPS) is 9.80. The van der Waals surface area contributed by atoms with Crippen molar-refractivity contribution < 1.29 is 9.72 Å². The molecule has 0 aliphatic heterocycles. The van der Waals surface area contributed by atoms with Crippen LogP contribution in [0, 0.1) is 10.1 Å². The van der Waals surface area contributed by atoms with Gasteiger partial charge in [0.2, 0.25) is 0 Å². The van der Waals surface area contributed by atoms with Crippen molar-refractivity contribution in [1.29, 1.82) is 0 Å². The second-order valence-corrected chi connectivity index (χ2v) is 4.85. The van der Waals surface area contributed by atoms with E-state index in [4.69, 9.17) is 0 Å². The van der Waals surface area contributed by atoms with Crippen LogP contribution >= 0.6 is 0 Å². The Kier molecular flexibility index (Phi) is 5.25. The molecule has 1 aromatic carbocycles. The Morgan fingerprint density at radius 3 is 2.55 bits per heavy atom. The molecule has 0 aliphatic carbocycles. The van der Waals surface area contributed by atoms with Crippen LogP contribution in [0.2, 0.25) is 0 Å². The number of nitro groups is 1. The third kappa shape index (κ3) is 4.08. The summed E-state index contributed by atoms with van der Waals surface area (Å²) in [5, 5.41) is 14.1. The Morgan fingerprint density at radius 2 is 2.05 bits per heavy atom. The van der Waals surface area contributed by atoms with Crippen LogP contribution in [0.25, 0.3) is 0 Å². The fourth-order valence-electron chi connectivity index (χ4n) is 1.59. The fraction of sp³-hybridized carbons (Fsp3) is 0.357. The molecule has 0 aliphatic rings. The van der Waals surface area contributed by atoms with E-state index in [1.165, 1.54) is 11.0 Å². The van der Waals surface area contributed by atoms with Crippen molar-refractivity contribution in [2.24, 2.45) is 0 Å². The molecule has 6 heteroatoms. The number of hydrogen-bond donors (Lipinski definition) is 1. The number of hydrogen-bond acceptors (Lipinski definition) is 4. The molecule has 0 fully saturated rings. The minimum Gasteiger partial charge on any atom is -0.376 e. The van der Waals surface area contributed by atoms with Crippen molar-refractivity contribution in [3.63, 3.8) is 0 Å². The van der Waals surface area contributed by atoms with Gasteiger partial charge in [0.1, 0.15) is 5.69 Å². The number of nitrogens with zero attached hydrogens (tertiary/aromatic N) is 2. The first-order valence-corrected chi connectivity index (χ1v) is 6.20. The van der Waals surface area contributed by atoms with E-state index in [0.29, 0.717) is 17.8 Å². The van der Waals surface area contributed by atoms with Crippen molar-refractivity contribution in [2.75, 3.05) is 26.0 Å². The van der Waals surface area contributed by atoms with Crippen LogP contribution in [0.4, 0.5) is 11.4 Å². The second-order valence-electron chi connectivity index (χ2n) is 4.85. The van der Waals surface area contributed by atoms with Gasteiger partial charge in [-0.25, -0.2) is 0 Å². The van der Waals surface area contributed by atoms with Crippen LogP contribution in [-0.4, -0.2) is 36.4 Å². The van der Waals surface area contributed by atoms with Gasteiger partial charge in [-0.1, -0.05) is 11.6 Å². The molecule has 0 atom stereocenters. The van der Waals surface area contributed by atoms with Crippen molar-refractivity contribution >= 4 is 17.3 Å². The highest BCUT2D eigenvalue weighted by molar-refractivity contribution is 5.95. The number of nitrogens with one attached hydrogen (secondary N) is 1. The number of allylic oxidation sites excluding steroid dienone is 1. The maximum absolute atomic E-state index is 11.8. The van der Waals surface area contributed by atoms with Gasteiger partial charge >= 0.3 is 0 Å². The zero-order chi connectivity index (χ0) is 15.3. The number of nitro benzene ring substituents is 1. The molecule has 0 saturated carbocycles. The smallest absolute Gasteiger partial charge is 0.293 e. The Bertz CT molecular complexity index is 547. The Labute approximate surface area is 118 Å². The van der Waals surface area contributed by atoms with E-state index in [9.17, 15) is 14.9 Å². The Balaban J connectivity index is 3.05. The van der Waals surface area contributed by atoms with Gasteiger partial charge in [0, 0.05) is 32.3 Å². The van der Waals surface area contributed by atoms with E-state index in [2.05, 4.69) is 5.32 Å². The number of carbonyl (C=O) groups excluding carboxylic acids is 1. The minimum atomic E-state index is -0.489. The average Bonchev–Trinajstić information content (AvgIpc) is 2.37. The molecule has 1 aromatic rings. The minimum absolute atomic E-state index is 0.0974. The molecule has 0 saturated heterocycles. The van der Waals surface area contributed by atoms with Gasteiger partial charge in [-0.2, -0.15) is 0 Å². The molecule has 6 nitrogen and oxygen atoms in total. The zero-order valence-electron chi connectivity index (χ0n) is 12.1. The lowest BCUT2D eigenvalue weighted by Gasteiger charge is -2.11. The van der Waals surface area contributed by atoms with Crippen molar-refractivity contribution in [3.05, 3.63) is 45.5 Å². The van der Waals surface area contributed by atoms with Crippen LogP contribution in [0.5, 0.6) is 0 Å². The standard InChI is InChI=1S/C14H19N3O3/c1-10(2)7-8-15-12-6-5-11(14(18)16(3)4)9-13(12)17(19)20/h5-7,9,15H,8H2,1-4H3. The lowest BCUT2D eigenvalue weighted by molar-refractivity contribution is -0.384. The quantitative estimate of drug-likeness (QED) is 0.510. The van der Waals surface area contributed by atoms with E-state index < -0.39 is 4.92 Å². The molecule has 0 bridgehead atoms. The lowest BCUT2D eigenvalue weighted by atomic mass is 10.1. The first-order valence-electron chi connectivity index (χ1n) is 6.20. The van der Waals surface area contributed by atoms with Gasteiger partial charge in [-0.3, -0.25) is 14.9 Å². The summed E-state index contributed by atoms with van der Waals surface area (Å²) in [5.74, 6) is -0.260. The summed E-state index contributed by atoms with van der Waals surface area (Å²) >= 11 is 0. The average molecular weight is 277 g/mol. The molecule has 0 radical (unpaired) electrons. The molecule has 0 heterocycles. The highest BCUT2D eigenvalue weighted by atomic mass is 16.6. The number of benzene rings is 1. The summed E-state index contributed by atoms with van der Waals surface area (Å²) in [4.78, 5) is 23.8. The van der Waals surface area contributed by atoms with Gasteiger partial charge < -0.3 is 10.2 Å². The lowest BCUT2D eigenvalue weighted by Crippen LogP contribution is -2.21. The maximum Gasteiger partial charge on any atom is 0.293 e. The van der Waals surface area contributed by atoms with Gasteiger partial charge in [0.15, 0.2) is 0 Å². The third-order valence-corrected chi connectivity index (χ3v) is 2.65. The van der Waals surface area contributed by atoms with Gasteiger partial charge in [0.25, 0.3) is 11.6 Å². The number of rotatable bonds is 5. The number of anilines is 1. The summed E-state index contributed by atoms with van der Waals surface area (Å²) in [7, 11) is 3.21. The SMILES string of the molecule is CC(C)=CCNc1ccc(C(=O)N(C)C)cc1[N+](=O)[O-]. The van der Waals surface area contributed by atoms with Crippen molar-refractivity contribution in [1.82, 2.24) is 4.90 Å². The van der Waals surface area contributed by atoms with E-state index >= 15 is 0 Å². The van der Waals surface area contributed by atoms with Crippen molar-refractivity contribution in [2.45, 2.75) is 13.8 Å². The maximum atomic E-state index is 11.8. The van der Waals surface area contributed by atoms with E-state index in [0.717, 1.165) is 5.57 Å². The molecule has 1 N–H and O–H groups in total. The number of amides is 1. The van der Waals surface area contributed by atoms with Crippen LogP contribution in [0.3, 0.4) is 0 Å². The Hall–Kier alpha value is -2.37. The molecule has 1 amide bonds. The van der Waals surface area contributed by atoms with E-state index in [1.54, 1.807) is 26.2 Å². The van der Waals surface area contributed by atoms with Crippen LogP contribution in [-0.2, 0) is 0 Å². The molecule has 1 rings (SSSR count). The zero-order valence-corrected chi connectivity index (χ0v) is 12.1. The molecule has 0 unspecified atom stereocenters. The summed E-state index contributed by atoms with van der Waals surface area (Å²) in [5.41, 5.74) is 1.73. The summed E-state index contributed by atoms with van der Waals surface area (Å²) in [6, 6.07) is 4.45. The molecule has 20 heavy (non-hydrogen) atoms. The molecule has 0 spiro atoms. The van der Waals surface area contributed by atoms with Crippen LogP contribution in [0.1, 0.15) is 24.2 Å². The Morgan fingerprint density at radius 1 is 1.40 bits per heavy atom. The summed E-state index contributed by atoms with van der Waals surface area (Å²) in [6.45, 7) is 4.41. The monoisotopic (exact) mass is 277 g/mol. The molecule has 108 valence electrons. The van der Waals surface area contributed by atoms with E-state index in [-0.39, 0.29) is 11.6 Å². The summed E-state index contributed by atoms with van der Waals surface area (Å²) < 4.78 is 0. The number of carbonyl (C=O) groups is 1. The van der Waals surface area contributed by atoms with Crippen LogP contribution in [0.15, 0.2) is 29.8 Å². The van der Waals surface area contributed by atoms with Gasteiger partial charge in [-0.05, 0) is 26.0 Å². The van der Waals surface area contributed by atoms with Gasteiger partial charge in [0.05, 0.1) is 4.92 Å². The molecule has 0 aromatic heterocycles. The van der Waals surface area contributed by atoms with Gasteiger partial charge in [-0.15, -0.1) is 0 Å². The van der Waals surface area contributed by atoms with Crippen LogP contribution < -0.4 is 5.32 Å². The first-order chi connectivity index (χ1) is 9.32.